The van der Waals surface area contributed by atoms with Crippen LogP contribution < -0.4 is 14.8 Å². The molecule has 2 aliphatic heterocycles. The first kappa shape index (κ1) is 48.3. The fourth-order valence-corrected chi connectivity index (χ4v) is 8.73. The van der Waals surface area contributed by atoms with E-state index < -0.39 is 5.60 Å². The predicted octanol–water partition coefficient (Wildman–Crippen LogP) is 11.0. The van der Waals surface area contributed by atoms with Crippen molar-refractivity contribution in [3.05, 3.63) is 93.4 Å². The third kappa shape index (κ3) is 12.8. The van der Waals surface area contributed by atoms with E-state index in [-0.39, 0.29) is 23.8 Å². The lowest BCUT2D eigenvalue weighted by molar-refractivity contribution is 0.00977. The van der Waals surface area contributed by atoms with Crippen molar-refractivity contribution in [2.75, 3.05) is 52.7 Å². The Hall–Kier alpha value is -4.61. The summed E-state index contributed by atoms with van der Waals surface area (Å²) < 4.78 is 63.6. The van der Waals surface area contributed by atoms with E-state index in [1.165, 1.54) is 25.0 Å². The van der Waals surface area contributed by atoms with Gasteiger partial charge in [-0.3, -0.25) is 9.36 Å². The molecule has 8 rings (SSSR count). The molecule has 12 nitrogen and oxygen atoms in total. The van der Waals surface area contributed by atoms with Gasteiger partial charge in [0.1, 0.15) is 40.1 Å². The molecule has 4 aromatic carbocycles. The maximum Gasteiger partial charge on any atom is 0.410 e. The lowest BCUT2D eigenvalue weighted by Gasteiger charge is -2.28. The number of hydrogen-bond acceptors (Lipinski definition) is 9. The number of hydrogen-bond donors (Lipinski definition) is 1. The number of halogens is 4. The van der Waals surface area contributed by atoms with E-state index >= 15 is 0 Å². The molecule has 0 saturated carbocycles. The Morgan fingerprint density at radius 3 is 1.75 bits per heavy atom. The third-order valence-corrected chi connectivity index (χ3v) is 12.2. The molecule has 1 N–H and O–H groups in total. The number of nitrogens with one attached hydrogen (secondary N) is 1. The van der Waals surface area contributed by atoms with Crippen LogP contribution in [-0.4, -0.2) is 101 Å². The second-order valence-corrected chi connectivity index (χ2v) is 19.2. The summed E-state index contributed by atoms with van der Waals surface area (Å²) in [4.78, 5) is 14.1. The first-order valence-corrected chi connectivity index (χ1v) is 23.8. The lowest BCUT2D eigenvalue weighted by Crippen LogP contribution is -2.41. The van der Waals surface area contributed by atoms with Crippen molar-refractivity contribution >= 4 is 59.8 Å². The first-order chi connectivity index (χ1) is 31.2. The molecule has 2 aromatic heterocycles. The Labute approximate surface area is 396 Å². The van der Waals surface area contributed by atoms with Crippen molar-refractivity contribution in [1.29, 1.82) is 0 Å². The van der Waals surface area contributed by atoms with Gasteiger partial charge in [0.25, 0.3) is 0 Å². The van der Waals surface area contributed by atoms with Gasteiger partial charge >= 0.3 is 6.09 Å². The summed E-state index contributed by atoms with van der Waals surface area (Å²) in [6.07, 6.45) is 5.41. The van der Waals surface area contributed by atoms with Gasteiger partial charge in [0.15, 0.2) is 0 Å². The number of carbonyl (C=O) groups is 1. The number of amides is 1. The van der Waals surface area contributed by atoms with Crippen LogP contribution in [0.15, 0.2) is 81.7 Å². The smallest absolute Gasteiger partial charge is 0.410 e. The highest BCUT2D eigenvalue weighted by atomic mass is 79.9. The van der Waals surface area contributed by atoms with Gasteiger partial charge in [-0.1, -0.05) is 31.9 Å². The van der Waals surface area contributed by atoms with Gasteiger partial charge in [-0.25, -0.2) is 13.6 Å². The van der Waals surface area contributed by atoms with Gasteiger partial charge in [0, 0.05) is 95.7 Å². The molecule has 0 spiro atoms. The standard InChI is InChI=1S/C27H33BrFN3O4.C22H25BrFN3O2/c1-27(2,3)36-26(33)32-12-5-7-19(32)17-34-13-6-14-35-20-9-11-21(23(29)16-20)25-22-10-8-18(28)15-24(22)31(4)30-25;1-27-21-12-15(23)5-7-19(21)22(26-27)18-8-6-17(13-20(18)24)29-11-3-10-28-14-16-4-2-9-25-16/h8-11,15-16,19H,5-7,12-14,17H2,1-4H3;5-8,12-13,16,25H,2-4,9-11,14H2,1H3/t19-;16-/m00/s1. The minimum Gasteiger partial charge on any atom is -0.493 e. The van der Waals surface area contributed by atoms with Crippen molar-refractivity contribution in [1.82, 2.24) is 29.8 Å². The molecule has 348 valence electrons. The van der Waals surface area contributed by atoms with Crippen molar-refractivity contribution in [2.24, 2.45) is 14.1 Å². The van der Waals surface area contributed by atoms with Gasteiger partial charge < -0.3 is 33.9 Å². The van der Waals surface area contributed by atoms with Crippen LogP contribution >= 0.6 is 31.9 Å². The second kappa shape index (κ2) is 22.3. The molecular formula is C49H58Br2F2N6O6. The molecule has 0 aliphatic carbocycles. The number of nitrogens with zero attached hydrogens (tertiary/aromatic N) is 5. The molecule has 6 aromatic rings. The largest absolute Gasteiger partial charge is 0.493 e. The van der Waals surface area contributed by atoms with Gasteiger partial charge in [0.2, 0.25) is 0 Å². The zero-order valence-electron chi connectivity index (χ0n) is 37.7. The van der Waals surface area contributed by atoms with E-state index in [9.17, 15) is 13.6 Å². The van der Waals surface area contributed by atoms with E-state index in [2.05, 4.69) is 47.4 Å². The third-order valence-electron chi connectivity index (χ3n) is 11.2. The normalized spacial score (nSPS) is 16.3. The summed E-state index contributed by atoms with van der Waals surface area (Å²) >= 11 is 6.94. The molecule has 2 fully saturated rings. The zero-order chi connectivity index (χ0) is 46.1. The van der Waals surface area contributed by atoms with Crippen LogP contribution in [-0.2, 0) is 28.3 Å². The monoisotopic (exact) mass is 1020 g/mol. The van der Waals surface area contributed by atoms with E-state index in [0.29, 0.717) is 86.1 Å². The van der Waals surface area contributed by atoms with Crippen LogP contribution in [0.2, 0.25) is 0 Å². The first-order valence-electron chi connectivity index (χ1n) is 22.2. The Morgan fingerprint density at radius 2 is 1.26 bits per heavy atom. The van der Waals surface area contributed by atoms with Crippen molar-refractivity contribution < 1.29 is 37.3 Å². The molecular weight excluding hydrogens is 966 g/mol. The van der Waals surface area contributed by atoms with Crippen LogP contribution in [0.1, 0.15) is 59.3 Å². The summed E-state index contributed by atoms with van der Waals surface area (Å²) in [6.45, 7) is 10.6. The Kier molecular flexibility index (Phi) is 16.5. The zero-order valence-corrected chi connectivity index (χ0v) is 40.9. The number of benzene rings is 4. The van der Waals surface area contributed by atoms with E-state index in [0.717, 1.165) is 63.2 Å². The number of aromatic nitrogens is 4. The van der Waals surface area contributed by atoms with E-state index in [4.69, 9.17) is 23.7 Å². The van der Waals surface area contributed by atoms with Crippen LogP contribution in [0.4, 0.5) is 13.6 Å². The highest BCUT2D eigenvalue weighted by Crippen LogP contribution is 2.34. The van der Waals surface area contributed by atoms with Gasteiger partial charge in [-0.05, 0) is 114 Å². The van der Waals surface area contributed by atoms with Crippen molar-refractivity contribution in [3.63, 3.8) is 0 Å². The summed E-state index contributed by atoms with van der Waals surface area (Å²) in [7, 11) is 3.70. The highest BCUT2D eigenvalue weighted by molar-refractivity contribution is 9.10. The van der Waals surface area contributed by atoms with E-state index in [1.54, 1.807) is 38.5 Å². The lowest BCUT2D eigenvalue weighted by atomic mass is 10.1. The molecule has 16 heteroatoms. The van der Waals surface area contributed by atoms with Crippen LogP contribution in [0, 0.1) is 11.6 Å². The van der Waals surface area contributed by atoms with Crippen LogP contribution in [0.25, 0.3) is 44.3 Å². The van der Waals surface area contributed by atoms with Crippen LogP contribution in [0.3, 0.4) is 0 Å². The Bertz CT molecular complexity index is 2560. The number of rotatable bonds is 16. The Morgan fingerprint density at radius 1 is 0.723 bits per heavy atom. The molecule has 2 atom stereocenters. The summed E-state index contributed by atoms with van der Waals surface area (Å²) in [5.74, 6) is 0.266. The second-order valence-electron chi connectivity index (χ2n) is 17.4. The molecule has 2 aliphatic rings. The average Bonchev–Trinajstić information content (AvgIpc) is 4.08. The quantitative estimate of drug-likeness (QED) is 0.0947. The summed E-state index contributed by atoms with van der Waals surface area (Å²) in [6, 6.07) is 22.0. The maximum absolute atomic E-state index is 15.0. The number of ether oxygens (including phenoxy) is 5. The average molecular weight is 1020 g/mol. The summed E-state index contributed by atoms with van der Waals surface area (Å²) in [5, 5.41) is 14.2. The topological polar surface area (TPSA) is 114 Å². The fraction of sp³-hybridized carbons (Fsp3) is 0.449. The minimum atomic E-state index is -0.511. The van der Waals surface area contributed by atoms with Crippen molar-refractivity contribution in [3.8, 4) is 34.0 Å². The van der Waals surface area contributed by atoms with E-state index in [1.807, 2.05) is 71.3 Å². The fourth-order valence-electron chi connectivity index (χ4n) is 8.03. The van der Waals surface area contributed by atoms with Gasteiger partial charge in [-0.15, -0.1) is 0 Å². The minimum absolute atomic E-state index is 0.0335. The highest BCUT2D eigenvalue weighted by Gasteiger charge is 2.32. The SMILES string of the molecule is Cn1nc(-c2ccc(OCCCOC[C@@H]3CCCN3)cc2F)c2ccc(Br)cc21.Cn1nc(-c2ccc(OCCCOC[C@@H]3CCCN3C(=O)OC(C)(C)C)cc2F)c2ccc(Br)cc21. The number of aryl methyl sites for hydroxylation is 2. The summed E-state index contributed by atoms with van der Waals surface area (Å²) in [5.41, 5.74) is 3.50. The number of likely N-dealkylation sites (tertiary alicyclic amines) is 1. The molecule has 0 unspecified atom stereocenters. The van der Waals surface area contributed by atoms with Gasteiger partial charge in [-0.2, -0.15) is 10.2 Å². The predicted molar refractivity (Wildman–Crippen MR) is 256 cm³/mol. The van der Waals surface area contributed by atoms with Crippen LogP contribution in [0.5, 0.6) is 11.5 Å². The molecule has 1 amide bonds. The number of carbonyl (C=O) groups excluding carboxylic acids is 1. The molecule has 2 saturated heterocycles. The molecule has 0 bridgehead atoms. The van der Waals surface area contributed by atoms with Crippen molar-refractivity contribution in [2.45, 2.75) is 77.0 Å². The molecule has 4 heterocycles. The number of fused-ring (bicyclic) bond motifs is 2. The molecule has 65 heavy (non-hydrogen) atoms. The maximum atomic E-state index is 15.0. The molecule has 0 radical (unpaired) electrons. The van der Waals surface area contributed by atoms with Gasteiger partial charge in [0.05, 0.1) is 43.5 Å². The Balaban J connectivity index is 0.000000198.